The number of aromatic nitrogens is 1. The van der Waals surface area contributed by atoms with Crippen molar-refractivity contribution >= 4 is 21.7 Å². The number of pyridine rings is 1. The standard InChI is InChI=1S/C20H23N3O5S/c1-29(25,26)23-10-3-2-6-16(23)20(24)22-19-7-4-5-15(21-19)14-8-9-17-18(13-14)28-12-11-27-17/h4-5,7-9,13,16H,2-3,6,10-12H2,1H3,(H,21,22,24). The number of benzene rings is 1. The van der Waals surface area contributed by atoms with Crippen LogP contribution < -0.4 is 14.8 Å². The normalized spacial score (nSPS) is 19.6. The van der Waals surface area contributed by atoms with E-state index < -0.39 is 16.1 Å². The van der Waals surface area contributed by atoms with Crippen molar-refractivity contribution in [2.75, 3.05) is 31.3 Å². The van der Waals surface area contributed by atoms with Gasteiger partial charge in [-0.3, -0.25) is 4.79 Å². The van der Waals surface area contributed by atoms with Gasteiger partial charge in [-0.2, -0.15) is 4.31 Å². The maximum absolute atomic E-state index is 12.8. The van der Waals surface area contributed by atoms with Crippen molar-refractivity contribution in [3.8, 4) is 22.8 Å². The molecule has 0 radical (unpaired) electrons. The van der Waals surface area contributed by atoms with Gasteiger partial charge in [-0.15, -0.1) is 0 Å². The molecule has 1 saturated heterocycles. The van der Waals surface area contributed by atoms with Crippen LogP contribution in [0.1, 0.15) is 19.3 Å². The lowest BCUT2D eigenvalue weighted by Crippen LogP contribution is -2.49. The number of nitrogens with one attached hydrogen (secondary N) is 1. The average Bonchev–Trinajstić information content (AvgIpc) is 2.73. The third kappa shape index (κ3) is 4.35. The Morgan fingerprint density at radius 1 is 1.14 bits per heavy atom. The summed E-state index contributed by atoms with van der Waals surface area (Å²) in [6.45, 7) is 1.39. The lowest BCUT2D eigenvalue weighted by Gasteiger charge is -2.32. The van der Waals surface area contributed by atoms with Crippen LogP contribution in [0.2, 0.25) is 0 Å². The number of piperidine rings is 1. The topological polar surface area (TPSA) is 97.8 Å². The summed E-state index contributed by atoms with van der Waals surface area (Å²) in [5, 5.41) is 2.77. The maximum Gasteiger partial charge on any atom is 0.243 e. The zero-order chi connectivity index (χ0) is 20.4. The average molecular weight is 417 g/mol. The van der Waals surface area contributed by atoms with Gasteiger partial charge >= 0.3 is 0 Å². The first kappa shape index (κ1) is 19.7. The van der Waals surface area contributed by atoms with Gasteiger partial charge in [-0.25, -0.2) is 13.4 Å². The summed E-state index contributed by atoms with van der Waals surface area (Å²) in [4.78, 5) is 17.3. The third-order valence-electron chi connectivity index (χ3n) is 5.02. The molecule has 2 aliphatic rings. The lowest BCUT2D eigenvalue weighted by atomic mass is 10.0. The molecule has 3 heterocycles. The maximum atomic E-state index is 12.8. The minimum Gasteiger partial charge on any atom is -0.486 e. The predicted octanol–water partition coefficient (Wildman–Crippen LogP) is 2.27. The molecule has 4 rings (SSSR count). The first-order valence-corrected chi connectivity index (χ1v) is 11.4. The highest BCUT2D eigenvalue weighted by atomic mass is 32.2. The molecule has 2 aliphatic heterocycles. The molecule has 1 aromatic heterocycles. The Morgan fingerprint density at radius 3 is 2.72 bits per heavy atom. The van der Waals surface area contributed by atoms with E-state index in [4.69, 9.17) is 9.47 Å². The van der Waals surface area contributed by atoms with Gasteiger partial charge in [0.2, 0.25) is 15.9 Å². The Labute approximate surface area is 169 Å². The van der Waals surface area contributed by atoms with Crippen molar-refractivity contribution in [3.63, 3.8) is 0 Å². The monoisotopic (exact) mass is 417 g/mol. The second kappa shape index (κ2) is 8.00. The predicted molar refractivity (Wildman–Crippen MR) is 108 cm³/mol. The van der Waals surface area contributed by atoms with Crippen LogP contribution in [0.25, 0.3) is 11.3 Å². The molecule has 1 unspecified atom stereocenters. The van der Waals surface area contributed by atoms with Crippen molar-refractivity contribution in [2.45, 2.75) is 25.3 Å². The van der Waals surface area contributed by atoms with Gasteiger partial charge in [-0.1, -0.05) is 12.5 Å². The van der Waals surface area contributed by atoms with E-state index in [9.17, 15) is 13.2 Å². The molecule has 1 amide bonds. The molecule has 2 aromatic rings. The third-order valence-corrected chi connectivity index (χ3v) is 6.31. The van der Waals surface area contributed by atoms with E-state index >= 15 is 0 Å². The van der Waals surface area contributed by atoms with E-state index in [0.29, 0.717) is 49.2 Å². The van der Waals surface area contributed by atoms with Gasteiger partial charge in [0, 0.05) is 12.1 Å². The molecule has 0 aliphatic carbocycles. The number of anilines is 1. The number of rotatable bonds is 4. The molecule has 1 N–H and O–H groups in total. The van der Waals surface area contributed by atoms with Gasteiger partial charge in [0.05, 0.1) is 11.9 Å². The largest absolute Gasteiger partial charge is 0.486 e. The highest BCUT2D eigenvalue weighted by molar-refractivity contribution is 7.88. The van der Waals surface area contributed by atoms with Crippen LogP contribution in [0.4, 0.5) is 5.82 Å². The number of fused-ring (bicyclic) bond motifs is 1. The molecule has 1 aromatic carbocycles. The van der Waals surface area contributed by atoms with Crippen molar-refractivity contribution in [3.05, 3.63) is 36.4 Å². The number of amides is 1. The Bertz CT molecular complexity index is 1020. The van der Waals surface area contributed by atoms with E-state index in [1.165, 1.54) is 4.31 Å². The second-order valence-electron chi connectivity index (χ2n) is 7.14. The van der Waals surface area contributed by atoms with E-state index in [1.54, 1.807) is 12.1 Å². The molecular formula is C20H23N3O5S. The summed E-state index contributed by atoms with van der Waals surface area (Å²) in [5.41, 5.74) is 1.50. The van der Waals surface area contributed by atoms with Crippen LogP contribution in [0.5, 0.6) is 11.5 Å². The number of nitrogens with zero attached hydrogens (tertiary/aromatic N) is 2. The molecule has 0 spiro atoms. The van der Waals surface area contributed by atoms with Gasteiger partial charge in [0.25, 0.3) is 0 Å². The smallest absolute Gasteiger partial charge is 0.243 e. The summed E-state index contributed by atoms with van der Waals surface area (Å²) in [5.74, 6) is 1.38. The minimum absolute atomic E-state index is 0.359. The SMILES string of the molecule is CS(=O)(=O)N1CCCCC1C(=O)Nc1cccc(-c2ccc3c(c2)OCCO3)n1. The molecule has 0 saturated carbocycles. The quantitative estimate of drug-likeness (QED) is 0.820. The van der Waals surface area contributed by atoms with Crippen molar-refractivity contribution in [2.24, 2.45) is 0 Å². The minimum atomic E-state index is -3.45. The van der Waals surface area contributed by atoms with Crippen LogP contribution in [0.15, 0.2) is 36.4 Å². The Kier molecular flexibility index (Phi) is 5.42. The number of hydrogen-bond donors (Lipinski definition) is 1. The van der Waals surface area contributed by atoms with Crippen molar-refractivity contribution in [1.29, 1.82) is 0 Å². The second-order valence-corrected chi connectivity index (χ2v) is 9.08. The van der Waals surface area contributed by atoms with Crippen molar-refractivity contribution in [1.82, 2.24) is 9.29 Å². The van der Waals surface area contributed by atoms with Crippen molar-refractivity contribution < 1.29 is 22.7 Å². The first-order chi connectivity index (χ1) is 13.9. The fraction of sp³-hybridized carbons (Fsp3) is 0.400. The Balaban J connectivity index is 1.54. The van der Waals surface area contributed by atoms with Gasteiger partial charge < -0.3 is 14.8 Å². The highest BCUT2D eigenvalue weighted by Gasteiger charge is 2.34. The van der Waals surface area contributed by atoms with Gasteiger partial charge in [0.15, 0.2) is 11.5 Å². The van der Waals surface area contributed by atoms with Gasteiger partial charge in [0.1, 0.15) is 25.1 Å². The lowest BCUT2D eigenvalue weighted by molar-refractivity contribution is -0.120. The molecule has 0 bridgehead atoms. The molecule has 8 nitrogen and oxygen atoms in total. The number of carbonyl (C=O) groups excluding carboxylic acids is 1. The summed E-state index contributed by atoms with van der Waals surface area (Å²) in [6, 6.07) is 10.2. The highest BCUT2D eigenvalue weighted by Crippen LogP contribution is 2.34. The van der Waals surface area contributed by atoms with Crippen LogP contribution in [0.3, 0.4) is 0 Å². The van der Waals surface area contributed by atoms with E-state index in [0.717, 1.165) is 24.7 Å². The zero-order valence-electron chi connectivity index (χ0n) is 16.1. The number of sulfonamides is 1. The summed E-state index contributed by atoms with van der Waals surface area (Å²) in [6.07, 6.45) is 3.21. The van der Waals surface area contributed by atoms with Crippen LogP contribution in [-0.4, -0.2) is 55.7 Å². The van der Waals surface area contributed by atoms with Crippen LogP contribution >= 0.6 is 0 Å². The molecule has 1 atom stereocenters. The van der Waals surface area contributed by atoms with Gasteiger partial charge in [-0.05, 0) is 43.2 Å². The molecule has 29 heavy (non-hydrogen) atoms. The van der Waals surface area contributed by atoms with E-state index in [2.05, 4.69) is 10.3 Å². The van der Waals surface area contributed by atoms with E-state index in [1.807, 2.05) is 24.3 Å². The Morgan fingerprint density at radius 2 is 1.93 bits per heavy atom. The first-order valence-electron chi connectivity index (χ1n) is 9.56. The van der Waals surface area contributed by atoms with Crippen LogP contribution in [-0.2, 0) is 14.8 Å². The Hall–Kier alpha value is -2.65. The fourth-order valence-electron chi connectivity index (χ4n) is 3.64. The summed E-state index contributed by atoms with van der Waals surface area (Å²) < 4.78 is 36.5. The van der Waals surface area contributed by atoms with Crippen LogP contribution in [0, 0.1) is 0 Å². The number of hydrogen-bond acceptors (Lipinski definition) is 6. The molecular weight excluding hydrogens is 394 g/mol. The number of ether oxygens (including phenoxy) is 2. The molecule has 9 heteroatoms. The zero-order valence-corrected chi connectivity index (χ0v) is 16.9. The number of carbonyl (C=O) groups is 1. The molecule has 1 fully saturated rings. The van der Waals surface area contributed by atoms with E-state index in [-0.39, 0.29) is 5.91 Å². The molecule has 154 valence electrons. The summed E-state index contributed by atoms with van der Waals surface area (Å²) in [7, 11) is -3.45. The summed E-state index contributed by atoms with van der Waals surface area (Å²) >= 11 is 0. The fourth-order valence-corrected chi connectivity index (χ4v) is 4.77.